The molecule has 1 unspecified atom stereocenters. The largest absolute Gasteiger partial charge is 0.495 e. The molecule has 1 heterocycles. The number of carbonyl (C=O) groups excluding carboxylic acids is 1. The Bertz CT molecular complexity index is 1310. The maximum Gasteiger partial charge on any atom is 0.319 e. The highest BCUT2D eigenvalue weighted by molar-refractivity contribution is 7.90. The highest BCUT2D eigenvalue weighted by Crippen LogP contribution is 2.30. The monoisotopic (exact) mass is 493 g/mol. The van der Waals surface area contributed by atoms with Gasteiger partial charge in [0.2, 0.25) is 0 Å². The molecular weight excluding hydrogens is 462 g/mol. The molecule has 0 aromatic heterocycles. The number of amides is 2. The summed E-state index contributed by atoms with van der Waals surface area (Å²) in [5, 5.41) is 5.63. The Hall–Kier alpha value is -3.36. The average Bonchev–Trinajstić information content (AvgIpc) is 2.84. The van der Waals surface area contributed by atoms with Crippen LogP contribution in [0, 0.1) is 0 Å². The number of fused-ring (bicyclic) bond motifs is 1. The lowest BCUT2D eigenvalue weighted by atomic mass is 9.98. The lowest BCUT2D eigenvalue weighted by Crippen LogP contribution is -2.31. The molecule has 2 N–H and O–H groups in total. The second-order valence-corrected chi connectivity index (χ2v) is 10.9. The topological polar surface area (TPSA) is 87.7 Å². The normalized spacial score (nSPS) is 14.6. The van der Waals surface area contributed by atoms with Gasteiger partial charge in [0.15, 0.2) is 9.84 Å². The summed E-state index contributed by atoms with van der Waals surface area (Å²) in [4.78, 5) is 14.9. The van der Waals surface area contributed by atoms with Gasteiger partial charge in [0.05, 0.1) is 29.5 Å². The quantitative estimate of drug-likeness (QED) is 0.505. The number of methoxy groups -OCH3 is 1. The second kappa shape index (κ2) is 10.5. The molecule has 3 aromatic rings. The molecule has 7 nitrogen and oxygen atoms in total. The molecule has 1 aliphatic rings. The zero-order valence-corrected chi connectivity index (χ0v) is 21.1. The van der Waals surface area contributed by atoms with Crippen LogP contribution in [-0.2, 0) is 28.6 Å². The van der Waals surface area contributed by atoms with Crippen LogP contribution in [0.25, 0.3) is 0 Å². The number of hydrogen-bond acceptors (Lipinski definition) is 5. The maximum absolute atomic E-state index is 13.2. The van der Waals surface area contributed by atoms with Gasteiger partial charge in [-0.2, -0.15) is 0 Å². The van der Waals surface area contributed by atoms with Gasteiger partial charge in [-0.25, -0.2) is 13.2 Å². The number of hydrogen-bond donors (Lipinski definition) is 2. The SMILES string of the molecule is COc1cc(S(=O)(=O)Cc2ccc3c(c2)CCN(C)C3)ccc1NC(=O)NC(C)c1ccccc1. The standard InChI is InChI=1S/C27H31N3O4S/c1-19(21-7-5-4-6-8-21)28-27(31)29-25-12-11-24(16-26(25)34-3)35(32,33)18-20-9-10-23-17-30(2)14-13-22(23)15-20/h4-12,15-16,19H,13-14,17-18H2,1-3H3,(H2,28,29,31). The molecule has 0 saturated heterocycles. The molecule has 0 radical (unpaired) electrons. The van der Waals surface area contributed by atoms with E-state index < -0.39 is 15.9 Å². The Balaban J connectivity index is 1.46. The summed E-state index contributed by atoms with van der Waals surface area (Å²) in [7, 11) is -0.0719. The zero-order valence-electron chi connectivity index (χ0n) is 20.2. The molecule has 0 bridgehead atoms. The van der Waals surface area contributed by atoms with Crippen LogP contribution in [0.4, 0.5) is 10.5 Å². The molecule has 1 aliphatic heterocycles. The Morgan fingerprint density at radius 2 is 1.83 bits per heavy atom. The minimum absolute atomic E-state index is 0.0961. The summed E-state index contributed by atoms with van der Waals surface area (Å²) >= 11 is 0. The number of anilines is 1. The van der Waals surface area contributed by atoms with Gasteiger partial charge < -0.3 is 20.3 Å². The van der Waals surface area contributed by atoms with Gasteiger partial charge in [-0.1, -0.05) is 48.5 Å². The first-order valence-corrected chi connectivity index (χ1v) is 13.2. The predicted octanol–water partition coefficient (Wildman–Crippen LogP) is 4.54. The fraction of sp³-hybridized carbons (Fsp3) is 0.296. The summed E-state index contributed by atoms with van der Waals surface area (Å²) < 4.78 is 31.7. The number of nitrogens with zero attached hydrogens (tertiary/aromatic N) is 1. The van der Waals surface area contributed by atoms with Crippen LogP contribution < -0.4 is 15.4 Å². The highest BCUT2D eigenvalue weighted by Gasteiger charge is 2.21. The number of likely N-dealkylation sites (N-methyl/N-ethyl adjacent to an activating group) is 1. The molecule has 0 aliphatic carbocycles. The minimum Gasteiger partial charge on any atom is -0.495 e. The minimum atomic E-state index is -3.60. The van der Waals surface area contributed by atoms with Crippen LogP contribution in [-0.4, -0.2) is 40.1 Å². The molecule has 4 rings (SSSR count). The first-order valence-electron chi connectivity index (χ1n) is 11.6. The number of rotatable bonds is 7. The van der Waals surface area contributed by atoms with E-state index in [1.54, 1.807) is 6.07 Å². The lowest BCUT2D eigenvalue weighted by molar-refractivity contribution is 0.249. The molecule has 8 heteroatoms. The number of urea groups is 1. The van der Waals surface area contributed by atoms with Crippen molar-refractivity contribution in [1.29, 1.82) is 0 Å². The van der Waals surface area contributed by atoms with Crippen LogP contribution in [0.1, 0.15) is 35.2 Å². The number of ether oxygens (including phenoxy) is 1. The van der Waals surface area contributed by atoms with Gasteiger partial charge in [-0.15, -0.1) is 0 Å². The predicted molar refractivity (Wildman–Crippen MR) is 137 cm³/mol. The van der Waals surface area contributed by atoms with Crippen LogP contribution >= 0.6 is 0 Å². The maximum atomic E-state index is 13.2. The summed E-state index contributed by atoms with van der Waals surface area (Å²) in [6.45, 7) is 3.74. The van der Waals surface area contributed by atoms with E-state index in [1.807, 2.05) is 55.5 Å². The van der Waals surface area contributed by atoms with Crippen LogP contribution in [0.5, 0.6) is 5.75 Å². The summed E-state index contributed by atoms with van der Waals surface area (Å²) in [5.41, 5.74) is 4.59. The van der Waals surface area contributed by atoms with Crippen LogP contribution in [0.2, 0.25) is 0 Å². The van der Waals surface area contributed by atoms with E-state index >= 15 is 0 Å². The second-order valence-electron chi connectivity index (χ2n) is 8.94. The fourth-order valence-electron chi connectivity index (χ4n) is 4.29. The summed E-state index contributed by atoms with van der Waals surface area (Å²) in [6.07, 6.45) is 0.916. The Morgan fingerprint density at radius 1 is 1.06 bits per heavy atom. The van der Waals surface area contributed by atoms with Gasteiger partial charge in [0, 0.05) is 19.2 Å². The summed E-state index contributed by atoms with van der Waals surface area (Å²) in [5.74, 6) is 0.184. The third-order valence-corrected chi connectivity index (χ3v) is 7.94. The van der Waals surface area contributed by atoms with Crippen molar-refractivity contribution >= 4 is 21.6 Å². The van der Waals surface area contributed by atoms with E-state index in [-0.39, 0.29) is 22.4 Å². The average molecular weight is 494 g/mol. The number of benzene rings is 3. The Labute approximate surface area is 207 Å². The molecule has 184 valence electrons. The van der Waals surface area contributed by atoms with Crippen molar-refractivity contribution in [3.63, 3.8) is 0 Å². The van der Waals surface area contributed by atoms with Gasteiger partial charge in [-0.05, 0) is 54.8 Å². The Kier molecular flexibility index (Phi) is 7.42. The first-order chi connectivity index (χ1) is 16.7. The van der Waals surface area contributed by atoms with E-state index in [0.29, 0.717) is 5.69 Å². The van der Waals surface area contributed by atoms with Crippen molar-refractivity contribution in [3.05, 3.63) is 89.0 Å². The van der Waals surface area contributed by atoms with Crippen LogP contribution in [0.15, 0.2) is 71.6 Å². The third-order valence-electron chi connectivity index (χ3n) is 6.26. The molecule has 35 heavy (non-hydrogen) atoms. The van der Waals surface area contributed by atoms with Crippen molar-refractivity contribution in [2.75, 3.05) is 26.0 Å². The van der Waals surface area contributed by atoms with Gasteiger partial charge in [0.25, 0.3) is 0 Å². The van der Waals surface area contributed by atoms with Crippen molar-refractivity contribution in [2.24, 2.45) is 0 Å². The van der Waals surface area contributed by atoms with Crippen LogP contribution in [0.3, 0.4) is 0 Å². The van der Waals surface area contributed by atoms with Crippen molar-refractivity contribution in [3.8, 4) is 5.75 Å². The lowest BCUT2D eigenvalue weighted by Gasteiger charge is -2.25. The fourth-order valence-corrected chi connectivity index (χ4v) is 5.64. The molecule has 0 fully saturated rings. The van der Waals surface area contributed by atoms with Gasteiger partial charge >= 0.3 is 6.03 Å². The van der Waals surface area contributed by atoms with E-state index in [0.717, 1.165) is 30.6 Å². The Morgan fingerprint density at radius 3 is 2.57 bits per heavy atom. The zero-order chi connectivity index (χ0) is 25.0. The molecule has 0 spiro atoms. The number of sulfone groups is 1. The molecular formula is C27H31N3O4S. The number of nitrogens with one attached hydrogen (secondary N) is 2. The first kappa shape index (κ1) is 24.8. The highest BCUT2D eigenvalue weighted by atomic mass is 32.2. The molecule has 2 amide bonds. The molecule has 1 atom stereocenters. The third kappa shape index (κ3) is 6.01. The van der Waals surface area contributed by atoms with E-state index in [9.17, 15) is 13.2 Å². The number of carbonyl (C=O) groups is 1. The van der Waals surface area contributed by atoms with Crippen molar-refractivity contribution < 1.29 is 17.9 Å². The molecule has 0 saturated carbocycles. The smallest absolute Gasteiger partial charge is 0.319 e. The molecule has 3 aromatic carbocycles. The van der Waals surface area contributed by atoms with E-state index in [2.05, 4.69) is 22.6 Å². The summed E-state index contributed by atoms with van der Waals surface area (Å²) in [6, 6.07) is 19.5. The van der Waals surface area contributed by atoms with Gasteiger partial charge in [0.1, 0.15) is 5.75 Å². The van der Waals surface area contributed by atoms with Crippen molar-refractivity contribution in [1.82, 2.24) is 10.2 Å². The van der Waals surface area contributed by atoms with Gasteiger partial charge in [-0.3, -0.25) is 0 Å². The van der Waals surface area contributed by atoms with E-state index in [1.165, 1.54) is 30.4 Å². The van der Waals surface area contributed by atoms with E-state index in [4.69, 9.17) is 4.74 Å². The van der Waals surface area contributed by atoms with Crippen molar-refractivity contribution in [2.45, 2.75) is 36.6 Å².